The average molecular weight is 436 g/mol. The van der Waals surface area contributed by atoms with Crippen molar-refractivity contribution in [2.24, 2.45) is 10.9 Å². The van der Waals surface area contributed by atoms with Gasteiger partial charge in [0.15, 0.2) is 5.96 Å². The number of hydrogen-bond acceptors (Lipinski definition) is 3. The van der Waals surface area contributed by atoms with Crippen LogP contribution in [0.1, 0.15) is 45.4 Å². The molecule has 134 valence electrons. The van der Waals surface area contributed by atoms with Crippen molar-refractivity contribution >= 4 is 29.9 Å². The molecule has 2 heterocycles. The Morgan fingerprint density at radius 1 is 1.22 bits per heavy atom. The van der Waals surface area contributed by atoms with Crippen molar-refractivity contribution in [3.05, 3.63) is 0 Å². The monoisotopic (exact) mass is 436 g/mol. The number of likely N-dealkylation sites (tertiary alicyclic amines) is 1. The van der Waals surface area contributed by atoms with Crippen molar-refractivity contribution in [2.75, 3.05) is 39.4 Å². The lowest BCUT2D eigenvalue weighted by Crippen LogP contribution is -2.45. The van der Waals surface area contributed by atoms with Crippen molar-refractivity contribution in [3.8, 4) is 0 Å². The summed E-state index contributed by atoms with van der Waals surface area (Å²) in [6, 6.07) is 1.40. The molecule has 6 heteroatoms. The number of rotatable bonds is 5. The molecular formula is C17H33IN4O. The van der Waals surface area contributed by atoms with Crippen molar-refractivity contribution in [1.29, 1.82) is 0 Å². The normalized spacial score (nSPS) is 29.7. The van der Waals surface area contributed by atoms with Crippen LogP contribution in [0.2, 0.25) is 0 Å². The largest absolute Gasteiger partial charge is 0.381 e. The predicted molar refractivity (Wildman–Crippen MR) is 106 cm³/mol. The van der Waals surface area contributed by atoms with Crippen molar-refractivity contribution < 1.29 is 4.74 Å². The fraction of sp³-hybridized carbons (Fsp3) is 0.941. The Morgan fingerprint density at radius 3 is 2.74 bits per heavy atom. The van der Waals surface area contributed by atoms with E-state index in [1.54, 1.807) is 0 Å². The molecule has 0 spiro atoms. The highest BCUT2D eigenvalue weighted by molar-refractivity contribution is 14.0. The minimum Gasteiger partial charge on any atom is -0.381 e. The first-order chi connectivity index (χ1) is 10.8. The van der Waals surface area contributed by atoms with E-state index in [0.29, 0.717) is 12.0 Å². The molecule has 5 nitrogen and oxygen atoms in total. The number of halogens is 1. The third kappa shape index (κ3) is 5.74. The lowest BCUT2D eigenvalue weighted by Gasteiger charge is -2.24. The maximum atomic E-state index is 5.44. The molecule has 1 saturated carbocycles. The molecule has 0 radical (unpaired) electrons. The summed E-state index contributed by atoms with van der Waals surface area (Å²) >= 11 is 0. The van der Waals surface area contributed by atoms with Crippen molar-refractivity contribution in [3.63, 3.8) is 0 Å². The number of guanidine groups is 1. The number of nitrogens with one attached hydrogen (secondary N) is 2. The first kappa shape index (κ1) is 19.2. The summed E-state index contributed by atoms with van der Waals surface area (Å²) in [5.74, 6) is 1.60. The van der Waals surface area contributed by atoms with Crippen LogP contribution >= 0.6 is 24.0 Å². The summed E-state index contributed by atoms with van der Waals surface area (Å²) < 4.78 is 5.44. The van der Waals surface area contributed by atoms with Gasteiger partial charge in [0.25, 0.3) is 0 Å². The molecule has 3 fully saturated rings. The third-order valence-electron chi connectivity index (χ3n) is 5.28. The molecule has 0 aromatic carbocycles. The minimum atomic E-state index is 0. The van der Waals surface area contributed by atoms with Gasteiger partial charge in [-0.2, -0.15) is 0 Å². The molecule has 3 aliphatic rings. The van der Waals surface area contributed by atoms with E-state index in [2.05, 4.69) is 22.5 Å². The lowest BCUT2D eigenvalue weighted by atomic mass is 10.1. The van der Waals surface area contributed by atoms with E-state index in [1.807, 2.05) is 0 Å². The van der Waals surface area contributed by atoms with Crippen LogP contribution in [0.3, 0.4) is 0 Å². The van der Waals surface area contributed by atoms with Gasteiger partial charge in [0.05, 0.1) is 6.61 Å². The predicted octanol–water partition coefficient (Wildman–Crippen LogP) is 2.21. The van der Waals surface area contributed by atoms with E-state index in [1.165, 1.54) is 45.2 Å². The Hall–Kier alpha value is -0.0800. The second-order valence-corrected chi connectivity index (χ2v) is 7.01. The molecule has 0 bridgehead atoms. The van der Waals surface area contributed by atoms with Crippen LogP contribution in [0.15, 0.2) is 4.99 Å². The molecule has 1 aliphatic carbocycles. The van der Waals surface area contributed by atoms with E-state index in [0.717, 1.165) is 44.7 Å². The highest BCUT2D eigenvalue weighted by atomic mass is 127. The fourth-order valence-electron chi connectivity index (χ4n) is 3.97. The Labute approximate surface area is 158 Å². The molecule has 2 atom stereocenters. The topological polar surface area (TPSA) is 48.9 Å². The van der Waals surface area contributed by atoms with Gasteiger partial charge in [-0.25, -0.2) is 0 Å². The maximum absolute atomic E-state index is 5.44. The summed E-state index contributed by atoms with van der Waals surface area (Å²) in [6.45, 7) is 8.15. The first-order valence-electron chi connectivity index (χ1n) is 9.21. The fourth-order valence-corrected chi connectivity index (χ4v) is 3.97. The smallest absolute Gasteiger partial charge is 0.191 e. The summed E-state index contributed by atoms with van der Waals surface area (Å²) in [5.41, 5.74) is 0. The van der Waals surface area contributed by atoms with Gasteiger partial charge in [-0.05, 0) is 32.6 Å². The number of hydrogen-bond donors (Lipinski definition) is 2. The molecule has 2 saturated heterocycles. The zero-order chi connectivity index (χ0) is 15.2. The Bertz CT molecular complexity index is 368. The Kier molecular flexibility index (Phi) is 8.40. The number of aliphatic imine (C=N–C) groups is 1. The molecule has 2 N–H and O–H groups in total. The van der Waals surface area contributed by atoms with Gasteiger partial charge >= 0.3 is 0 Å². The average Bonchev–Trinajstić information content (AvgIpc) is 3.26. The summed E-state index contributed by atoms with van der Waals surface area (Å²) in [4.78, 5) is 7.47. The molecule has 0 aromatic heterocycles. The van der Waals surface area contributed by atoms with Crippen molar-refractivity contribution in [2.45, 2.75) is 57.5 Å². The Morgan fingerprint density at radius 2 is 2.04 bits per heavy atom. The van der Waals surface area contributed by atoms with E-state index < -0.39 is 0 Å². The van der Waals surface area contributed by atoms with Crippen LogP contribution in [0.25, 0.3) is 0 Å². The summed E-state index contributed by atoms with van der Waals surface area (Å²) in [6.07, 6.45) is 8.06. The van der Waals surface area contributed by atoms with Gasteiger partial charge in [-0.15, -0.1) is 24.0 Å². The lowest BCUT2D eigenvalue weighted by molar-refractivity contribution is 0.187. The zero-order valence-electron chi connectivity index (χ0n) is 14.4. The zero-order valence-corrected chi connectivity index (χ0v) is 16.8. The van der Waals surface area contributed by atoms with E-state index >= 15 is 0 Å². The first-order valence-corrected chi connectivity index (χ1v) is 9.21. The minimum absolute atomic E-state index is 0. The molecule has 0 aromatic rings. The molecule has 2 aliphatic heterocycles. The van der Waals surface area contributed by atoms with Gasteiger partial charge in [0, 0.05) is 50.8 Å². The van der Waals surface area contributed by atoms with Gasteiger partial charge in [0.2, 0.25) is 0 Å². The van der Waals surface area contributed by atoms with Gasteiger partial charge in [-0.1, -0.05) is 12.8 Å². The second kappa shape index (κ2) is 10.0. The van der Waals surface area contributed by atoms with Crippen molar-refractivity contribution in [1.82, 2.24) is 15.5 Å². The molecule has 2 unspecified atom stereocenters. The van der Waals surface area contributed by atoms with Gasteiger partial charge in [-0.3, -0.25) is 9.89 Å². The SMILES string of the molecule is CCNC(=NCC1CCOC1)NC1CCN(C2CCCC2)C1.I. The summed E-state index contributed by atoms with van der Waals surface area (Å²) in [5, 5.41) is 7.05. The van der Waals surface area contributed by atoms with Crippen LogP contribution in [-0.2, 0) is 4.74 Å². The highest BCUT2D eigenvalue weighted by Crippen LogP contribution is 2.26. The quantitative estimate of drug-likeness (QED) is 0.394. The maximum Gasteiger partial charge on any atom is 0.191 e. The number of ether oxygens (including phenoxy) is 1. The van der Waals surface area contributed by atoms with E-state index in [4.69, 9.17) is 9.73 Å². The van der Waals surface area contributed by atoms with Crippen LogP contribution in [0.4, 0.5) is 0 Å². The molecule has 23 heavy (non-hydrogen) atoms. The molecule has 0 amide bonds. The standard InChI is InChI=1S/C17H32N4O.HI/c1-2-18-17(19-11-14-8-10-22-13-14)20-15-7-9-21(12-15)16-5-3-4-6-16;/h14-16H,2-13H2,1H3,(H2,18,19,20);1H. The molecular weight excluding hydrogens is 403 g/mol. The van der Waals surface area contributed by atoms with Crippen LogP contribution in [0.5, 0.6) is 0 Å². The van der Waals surface area contributed by atoms with Gasteiger partial charge < -0.3 is 15.4 Å². The summed E-state index contributed by atoms with van der Waals surface area (Å²) in [7, 11) is 0. The Balaban J connectivity index is 0.00000192. The third-order valence-corrected chi connectivity index (χ3v) is 5.28. The van der Waals surface area contributed by atoms with Gasteiger partial charge in [0.1, 0.15) is 0 Å². The van der Waals surface area contributed by atoms with Crippen LogP contribution < -0.4 is 10.6 Å². The van der Waals surface area contributed by atoms with E-state index in [9.17, 15) is 0 Å². The van der Waals surface area contributed by atoms with E-state index in [-0.39, 0.29) is 24.0 Å². The highest BCUT2D eigenvalue weighted by Gasteiger charge is 2.30. The van der Waals surface area contributed by atoms with Crippen LogP contribution in [0, 0.1) is 5.92 Å². The van der Waals surface area contributed by atoms with Crippen LogP contribution in [-0.4, -0.2) is 62.3 Å². The number of nitrogens with zero attached hydrogens (tertiary/aromatic N) is 2. The molecule has 3 rings (SSSR count). The second-order valence-electron chi connectivity index (χ2n) is 7.01.